The molecule has 1 unspecified atom stereocenters. The van der Waals surface area contributed by atoms with Gasteiger partial charge in [-0.25, -0.2) is 0 Å². The van der Waals surface area contributed by atoms with Gasteiger partial charge in [-0.1, -0.05) is 48.0 Å². The molecule has 0 radical (unpaired) electrons. The maximum Gasteiger partial charge on any atom is 0.138 e. The number of rotatable bonds is 5. The Morgan fingerprint density at radius 2 is 2.00 bits per heavy atom. The lowest BCUT2D eigenvalue weighted by molar-refractivity contribution is 0.220. The van der Waals surface area contributed by atoms with Crippen LogP contribution in [-0.4, -0.2) is 11.7 Å². The molecule has 3 N–H and O–H groups in total. The highest BCUT2D eigenvalue weighted by atomic mass is 35.5. The first-order valence-electron chi connectivity index (χ1n) is 6.29. The monoisotopic (exact) mass is 323 g/mol. The molecule has 0 aliphatic heterocycles. The second-order valence-corrected chi connectivity index (χ2v) is 5.25. The van der Waals surface area contributed by atoms with Gasteiger partial charge in [-0.15, -0.1) is 0 Å². The predicted octanol–water partition coefficient (Wildman–Crippen LogP) is 4.22. The molecule has 5 heteroatoms. The number of ether oxygens (including phenoxy) is 1. The standard InChI is InChI=1S/C16H15Cl2NO2/c1-2-8-21-14-5-3-4-11(15(14)18)16(20)12-9-10(17)6-7-13(12)19/h2-7,9,16,20H,1,8,19H2. The quantitative estimate of drug-likeness (QED) is 0.639. The summed E-state index contributed by atoms with van der Waals surface area (Å²) in [6.45, 7) is 3.92. The van der Waals surface area contributed by atoms with Crippen molar-refractivity contribution in [1.82, 2.24) is 0 Å². The third kappa shape index (κ3) is 3.50. The molecule has 0 aliphatic carbocycles. The summed E-state index contributed by atoms with van der Waals surface area (Å²) in [5, 5.41) is 11.4. The molecule has 2 rings (SSSR count). The Labute approximate surface area is 133 Å². The summed E-state index contributed by atoms with van der Waals surface area (Å²) in [7, 11) is 0. The Morgan fingerprint density at radius 1 is 1.24 bits per heavy atom. The van der Waals surface area contributed by atoms with E-state index >= 15 is 0 Å². The van der Waals surface area contributed by atoms with Gasteiger partial charge in [-0.05, 0) is 24.3 Å². The van der Waals surface area contributed by atoms with Crippen LogP contribution in [0.3, 0.4) is 0 Å². The average molecular weight is 324 g/mol. The number of nitrogen functional groups attached to an aromatic ring is 1. The van der Waals surface area contributed by atoms with E-state index in [9.17, 15) is 5.11 Å². The Bertz CT molecular complexity index is 659. The van der Waals surface area contributed by atoms with Crippen LogP contribution in [0.5, 0.6) is 5.75 Å². The molecule has 1 atom stereocenters. The van der Waals surface area contributed by atoms with Gasteiger partial charge >= 0.3 is 0 Å². The molecule has 0 spiro atoms. The number of nitrogens with two attached hydrogens (primary N) is 1. The highest BCUT2D eigenvalue weighted by Crippen LogP contribution is 2.37. The Morgan fingerprint density at radius 3 is 2.71 bits per heavy atom. The molecule has 2 aromatic rings. The van der Waals surface area contributed by atoms with E-state index in [0.29, 0.717) is 39.2 Å². The molecule has 0 saturated heterocycles. The minimum atomic E-state index is -0.983. The third-order valence-corrected chi connectivity index (χ3v) is 3.63. The van der Waals surface area contributed by atoms with Gasteiger partial charge in [-0.3, -0.25) is 0 Å². The normalized spacial score (nSPS) is 12.0. The van der Waals surface area contributed by atoms with Crippen molar-refractivity contribution in [3.05, 3.63) is 70.2 Å². The highest BCUT2D eigenvalue weighted by Gasteiger charge is 2.19. The predicted molar refractivity (Wildman–Crippen MR) is 87.1 cm³/mol. The summed E-state index contributed by atoms with van der Waals surface area (Å²) in [5.74, 6) is 0.480. The Kier molecular flexibility index (Phi) is 5.12. The summed E-state index contributed by atoms with van der Waals surface area (Å²) in [5.41, 5.74) is 7.35. The first kappa shape index (κ1) is 15.7. The fourth-order valence-electron chi connectivity index (χ4n) is 1.95. The molecule has 110 valence electrons. The molecule has 0 heterocycles. The van der Waals surface area contributed by atoms with Crippen molar-refractivity contribution < 1.29 is 9.84 Å². The first-order chi connectivity index (χ1) is 10.0. The van der Waals surface area contributed by atoms with Gasteiger partial charge in [0.05, 0.1) is 5.02 Å². The molecule has 2 aromatic carbocycles. The van der Waals surface area contributed by atoms with Crippen molar-refractivity contribution in [2.75, 3.05) is 12.3 Å². The number of aliphatic hydroxyl groups is 1. The van der Waals surface area contributed by atoms with Crippen LogP contribution in [0.1, 0.15) is 17.2 Å². The highest BCUT2D eigenvalue weighted by molar-refractivity contribution is 6.33. The molecule has 0 bridgehead atoms. The minimum absolute atomic E-state index is 0.332. The van der Waals surface area contributed by atoms with Crippen molar-refractivity contribution >= 4 is 28.9 Å². The second-order valence-electron chi connectivity index (χ2n) is 4.43. The van der Waals surface area contributed by atoms with Gasteiger partial charge in [0.2, 0.25) is 0 Å². The number of halogens is 2. The maximum absolute atomic E-state index is 10.5. The number of aliphatic hydroxyl groups excluding tert-OH is 1. The van der Waals surface area contributed by atoms with E-state index in [1.165, 1.54) is 0 Å². The summed E-state index contributed by atoms with van der Waals surface area (Å²) in [6, 6.07) is 10.1. The van der Waals surface area contributed by atoms with Crippen LogP contribution in [0.2, 0.25) is 10.0 Å². The van der Waals surface area contributed by atoms with E-state index in [2.05, 4.69) is 6.58 Å². The largest absolute Gasteiger partial charge is 0.488 e. The first-order valence-corrected chi connectivity index (χ1v) is 7.05. The Hall–Kier alpha value is -1.68. The number of hydrogen-bond donors (Lipinski definition) is 2. The van der Waals surface area contributed by atoms with Crippen LogP contribution in [0, 0.1) is 0 Å². The van der Waals surface area contributed by atoms with E-state index in [0.717, 1.165) is 0 Å². The van der Waals surface area contributed by atoms with Gasteiger partial charge in [0.25, 0.3) is 0 Å². The van der Waals surface area contributed by atoms with Crippen LogP contribution in [0.4, 0.5) is 5.69 Å². The second kappa shape index (κ2) is 6.85. The van der Waals surface area contributed by atoms with Crippen LogP contribution in [0.15, 0.2) is 49.1 Å². The van der Waals surface area contributed by atoms with E-state index in [1.54, 1.807) is 42.5 Å². The molecule has 0 amide bonds. The van der Waals surface area contributed by atoms with Crippen molar-refractivity contribution in [2.45, 2.75) is 6.10 Å². The van der Waals surface area contributed by atoms with Crippen LogP contribution in [0.25, 0.3) is 0 Å². The van der Waals surface area contributed by atoms with Gasteiger partial charge in [-0.2, -0.15) is 0 Å². The molecule has 21 heavy (non-hydrogen) atoms. The molecular formula is C16H15Cl2NO2. The van der Waals surface area contributed by atoms with E-state index in [4.69, 9.17) is 33.7 Å². The lowest BCUT2D eigenvalue weighted by Crippen LogP contribution is -2.05. The van der Waals surface area contributed by atoms with Crippen LogP contribution < -0.4 is 10.5 Å². The molecule has 0 saturated carbocycles. The fourth-order valence-corrected chi connectivity index (χ4v) is 2.41. The van der Waals surface area contributed by atoms with E-state index in [-0.39, 0.29) is 0 Å². The van der Waals surface area contributed by atoms with Gasteiger partial charge in [0, 0.05) is 21.8 Å². The zero-order valence-electron chi connectivity index (χ0n) is 11.2. The van der Waals surface area contributed by atoms with Crippen molar-refractivity contribution in [3.8, 4) is 5.75 Å². The summed E-state index contributed by atoms with van der Waals surface area (Å²) >= 11 is 12.2. The lowest BCUT2D eigenvalue weighted by Gasteiger charge is -2.17. The SMILES string of the molecule is C=CCOc1cccc(C(O)c2cc(Cl)ccc2N)c1Cl. The average Bonchev–Trinajstić information content (AvgIpc) is 2.48. The van der Waals surface area contributed by atoms with Crippen molar-refractivity contribution in [2.24, 2.45) is 0 Å². The molecular weight excluding hydrogens is 309 g/mol. The van der Waals surface area contributed by atoms with Gasteiger partial charge in [0.1, 0.15) is 18.5 Å². The molecule has 0 aliphatic rings. The van der Waals surface area contributed by atoms with E-state index < -0.39 is 6.10 Å². The third-order valence-electron chi connectivity index (χ3n) is 2.99. The van der Waals surface area contributed by atoms with E-state index in [1.807, 2.05) is 0 Å². The minimum Gasteiger partial charge on any atom is -0.488 e. The zero-order chi connectivity index (χ0) is 15.4. The van der Waals surface area contributed by atoms with Crippen LogP contribution in [-0.2, 0) is 0 Å². The smallest absolute Gasteiger partial charge is 0.138 e. The molecule has 3 nitrogen and oxygen atoms in total. The zero-order valence-corrected chi connectivity index (χ0v) is 12.7. The lowest BCUT2D eigenvalue weighted by atomic mass is 9.99. The summed E-state index contributed by atoms with van der Waals surface area (Å²) in [6.07, 6.45) is 0.637. The maximum atomic E-state index is 10.5. The summed E-state index contributed by atoms with van der Waals surface area (Å²) in [4.78, 5) is 0. The topological polar surface area (TPSA) is 55.5 Å². The van der Waals surface area contributed by atoms with Gasteiger partial charge in [0.15, 0.2) is 0 Å². The Balaban J connectivity index is 2.41. The summed E-state index contributed by atoms with van der Waals surface area (Å²) < 4.78 is 5.45. The number of hydrogen-bond acceptors (Lipinski definition) is 3. The van der Waals surface area contributed by atoms with Crippen molar-refractivity contribution in [3.63, 3.8) is 0 Å². The number of anilines is 1. The molecule has 0 fully saturated rings. The number of benzene rings is 2. The van der Waals surface area contributed by atoms with Gasteiger partial charge < -0.3 is 15.6 Å². The van der Waals surface area contributed by atoms with Crippen molar-refractivity contribution in [1.29, 1.82) is 0 Å². The fraction of sp³-hybridized carbons (Fsp3) is 0.125. The molecule has 0 aromatic heterocycles. The van der Waals surface area contributed by atoms with Crippen LogP contribution >= 0.6 is 23.2 Å².